The van der Waals surface area contributed by atoms with Crippen molar-refractivity contribution in [3.8, 4) is 5.88 Å². The van der Waals surface area contributed by atoms with Crippen LogP contribution in [0.1, 0.15) is 48.3 Å². The molecule has 5 rings (SSSR count). The highest BCUT2D eigenvalue weighted by Gasteiger charge is 2.35. The first-order valence-corrected chi connectivity index (χ1v) is 10.4. The number of nitrogens with one attached hydrogen (secondary N) is 1. The lowest BCUT2D eigenvalue weighted by atomic mass is 9.93. The van der Waals surface area contributed by atoms with Crippen molar-refractivity contribution in [3.63, 3.8) is 0 Å². The number of rotatable bonds is 4. The molecule has 0 amide bonds. The number of aromatic amines is 1. The summed E-state index contributed by atoms with van der Waals surface area (Å²) in [5, 5.41) is 12.7. The molecule has 1 atom stereocenters. The SMILES string of the molecule is CCCCn1c(O)c2n(c1=O)[C@H](c1ccc(Cl)cc1)c1[nH]c3ccccc3c1C2. The molecule has 0 bridgehead atoms. The standard InChI is InChI=1S/C23H22ClN3O2/c1-2-3-12-26-22(28)19-13-17-16-6-4-5-7-18(16)25-20(17)21(27(19)23(26)29)14-8-10-15(24)11-9-14/h4-11,21,25,28H,2-3,12-13H2,1H3/t21-/m1/s1. The summed E-state index contributed by atoms with van der Waals surface area (Å²) in [5.41, 5.74) is 4.61. The van der Waals surface area contributed by atoms with E-state index in [-0.39, 0.29) is 17.6 Å². The Morgan fingerprint density at radius 3 is 2.69 bits per heavy atom. The van der Waals surface area contributed by atoms with Crippen LogP contribution in [0, 0.1) is 0 Å². The Morgan fingerprint density at radius 2 is 1.93 bits per heavy atom. The number of benzene rings is 2. The summed E-state index contributed by atoms with van der Waals surface area (Å²) in [7, 11) is 0. The van der Waals surface area contributed by atoms with Gasteiger partial charge in [0.2, 0.25) is 5.88 Å². The molecule has 0 spiro atoms. The maximum absolute atomic E-state index is 13.3. The second kappa shape index (κ2) is 6.85. The van der Waals surface area contributed by atoms with Crippen molar-refractivity contribution in [2.45, 2.75) is 38.8 Å². The number of para-hydroxylation sites is 1. The summed E-state index contributed by atoms with van der Waals surface area (Å²) in [6, 6.07) is 15.4. The molecule has 4 aromatic rings. The van der Waals surface area contributed by atoms with E-state index in [0.717, 1.165) is 40.6 Å². The minimum Gasteiger partial charge on any atom is -0.493 e. The van der Waals surface area contributed by atoms with E-state index in [0.29, 0.717) is 23.7 Å². The lowest BCUT2D eigenvalue weighted by Crippen LogP contribution is -2.32. The second-order valence-electron chi connectivity index (χ2n) is 7.62. The molecule has 0 unspecified atom stereocenters. The average Bonchev–Trinajstić information content (AvgIpc) is 3.21. The van der Waals surface area contributed by atoms with Crippen LogP contribution >= 0.6 is 11.6 Å². The fourth-order valence-corrected chi connectivity index (χ4v) is 4.58. The van der Waals surface area contributed by atoms with E-state index in [4.69, 9.17) is 11.6 Å². The van der Waals surface area contributed by atoms with Crippen LogP contribution in [0.2, 0.25) is 5.02 Å². The van der Waals surface area contributed by atoms with Crippen LogP contribution in [-0.4, -0.2) is 19.2 Å². The monoisotopic (exact) mass is 407 g/mol. The van der Waals surface area contributed by atoms with Gasteiger partial charge < -0.3 is 10.1 Å². The second-order valence-corrected chi connectivity index (χ2v) is 8.06. The number of nitrogens with zero attached hydrogens (tertiary/aromatic N) is 2. The molecule has 29 heavy (non-hydrogen) atoms. The van der Waals surface area contributed by atoms with E-state index in [1.54, 1.807) is 4.57 Å². The molecule has 1 aliphatic rings. The Hall–Kier alpha value is -2.92. The largest absolute Gasteiger partial charge is 0.493 e. The topological polar surface area (TPSA) is 62.9 Å². The first-order chi connectivity index (χ1) is 14.1. The fraction of sp³-hybridized carbons (Fsp3) is 0.261. The minimum absolute atomic E-state index is 0.0818. The predicted molar refractivity (Wildman–Crippen MR) is 115 cm³/mol. The first-order valence-electron chi connectivity index (χ1n) is 9.98. The molecule has 0 saturated carbocycles. The van der Waals surface area contributed by atoms with Crippen LogP contribution in [-0.2, 0) is 13.0 Å². The van der Waals surface area contributed by atoms with E-state index < -0.39 is 0 Å². The van der Waals surface area contributed by atoms with E-state index >= 15 is 0 Å². The van der Waals surface area contributed by atoms with Gasteiger partial charge in [-0.15, -0.1) is 0 Å². The molecule has 6 heteroatoms. The normalized spacial score (nSPS) is 15.4. The number of hydrogen-bond acceptors (Lipinski definition) is 2. The van der Waals surface area contributed by atoms with Gasteiger partial charge in [0.1, 0.15) is 6.04 Å². The van der Waals surface area contributed by atoms with Gasteiger partial charge in [-0.3, -0.25) is 9.13 Å². The highest BCUT2D eigenvalue weighted by Crippen LogP contribution is 2.40. The zero-order valence-electron chi connectivity index (χ0n) is 16.2. The van der Waals surface area contributed by atoms with Gasteiger partial charge in [-0.1, -0.05) is 55.3 Å². The molecule has 3 heterocycles. The van der Waals surface area contributed by atoms with Crippen molar-refractivity contribution < 1.29 is 5.11 Å². The highest BCUT2D eigenvalue weighted by atomic mass is 35.5. The van der Waals surface area contributed by atoms with Crippen LogP contribution in [0.25, 0.3) is 10.9 Å². The molecule has 1 aliphatic heterocycles. The highest BCUT2D eigenvalue weighted by molar-refractivity contribution is 6.30. The molecule has 0 aliphatic carbocycles. The van der Waals surface area contributed by atoms with Gasteiger partial charge >= 0.3 is 5.69 Å². The van der Waals surface area contributed by atoms with Crippen LogP contribution in [0.15, 0.2) is 53.3 Å². The van der Waals surface area contributed by atoms with Gasteiger partial charge in [0.25, 0.3) is 0 Å². The van der Waals surface area contributed by atoms with Gasteiger partial charge in [0.15, 0.2) is 0 Å². The summed E-state index contributed by atoms with van der Waals surface area (Å²) in [6.45, 7) is 2.59. The minimum atomic E-state index is -0.334. The van der Waals surface area contributed by atoms with Crippen molar-refractivity contribution in [1.29, 1.82) is 0 Å². The summed E-state index contributed by atoms with van der Waals surface area (Å²) < 4.78 is 3.25. The molecule has 0 radical (unpaired) electrons. The van der Waals surface area contributed by atoms with Gasteiger partial charge in [-0.25, -0.2) is 4.79 Å². The number of unbranched alkanes of at least 4 members (excludes halogenated alkanes) is 1. The van der Waals surface area contributed by atoms with Crippen LogP contribution in [0.5, 0.6) is 5.88 Å². The van der Waals surface area contributed by atoms with Crippen molar-refractivity contribution in [1.82, 2.24) is 14.1 Å². The zero-order valence-corrected chi connectivity index (χ0v) is 16.9. The number of aromatic nitrogens is 3. The average molecular weight is 408 g/mol. The quantitative estimate of drug-likeness (QED) is 0.448. The summed E-state index contributed by atoms with van der Waals surface area (Å²) >= 11 is 6.11. The Balaban J connectivity index is 1.79. The molecule has 2 aromatic heterocycles. The van der Waals surface area contributed by atoms with Crippen molar-refractivity contribution in [2.75, 3.05) is 0 Å². The lowest BCUT2D eigenvalue weighted by Gasteiger charge is -2.26. The predicted octanol–water partition coefficient (Wildman–Crippen LogP) is 4.83. The third-order valence-corrected chi connectivity index (χ3v) is 6.14. The smallest absolute Gasteiger partial charge is 0.332 e. The maximum Gasteiger partial charge on any atom is 0.332 e. The third-order valence-electron chi connectivity index (χ3n) is 5.89. The van der Waals surface area contributed by atoms with Crippen LogP contribution in [0.3, 0.4) is 0 Å². The molecule has 2 N–H and O–H groups in total. The number of halogens is 1. The lowest BCUT2D eigenvalue weighted by molar-refractivity contribution is 0.404. The number of fused-ring (bicyclic) bond motifs is 4. The summed E-state index contributed by atoms with van der Waals surface area (Å²) in [4.78, 5) is 16.9. The Labute approximate surface area is 173 Å². The third kappa shape index (κ3) is 2.72. The molecule has 0 saturated heterocycles. The van der Waals surface area contributed by atoms with Crippen LogP contribution in [0.4, 0.5) is 0 Å². The molecule has 5 nitrogen and oxygen atoms in total. The number of aromatic hydroxyl groups is 1. The molecule has 0 fully saturated rings. The van der Waals surface area contributed by atoms with Crippen molar-refractivity contribution >= 4 is 22.5 Å². The zero-order chi connectivity index (χ0) is 20.1. The van der Waals surface area contributed by atoms with E-state index in [1.807, 2.05) is 42.5 Å². The van der Waals surface area contributed by atoms with Crippen molar-refractivity contribution in [2.24, 2.45) is 0 Å². The molecular weight excluding hydrogens is 386 g/mol. The Bertz CT molecular complexity index is 1260. The number of imidazole rings is 1. The molecule has 148 valence electrons. The van der Waals surface area contributed by atoms with E-state index in [9.17, 15) is 9.90 Å². The Kier molecular flexibility index (Phi) is 4.28. The van der Waals surface area contributed by atoms with Gasteiger partial charge in [0.05, 0.1) is 5.69 Å². The number of H-pyrrole nitrogens is 1. The first kappa shape index (κ1) is 18.1. The fourth-order valence-electron chi connectivity index (χ4n) is 4.45. The molecule has 2 aromatic carbocycles. The molecular formula is C23H22ClN3O2. The van der Waals surface area contributed by atoms with Gasteiger partial charge in [0, 0.05) is 34.6 Å². The van der Waals surface area contributed by atoms with E-state index in [2.05, 4.69) is 18.0 Å². The summed E-state index contributed by atoms with van der Waals surface area (Å²) in [6.07, 6.45) is 2.32. The summed E-state index contributed by atoms with van der Waals surface area (Å²) in [5.74, 6) is 0.0818. The van der Waals surface area contributed by atoms with E-state index in [1.165, 1.54) is 4.57 Å². The Morgan fingerprint density at radius 1 is 1.17 bits per heavy atom. The van der Waals surface area contributed by atoms with Gasteiger partial charge in [-0.05, 0) is 35.7 Å². The van der Waals surface area contributed by atoms with Gasteiger partial charge in [-0.2, -0.15) is 0 Å². The number of hydrogen-bond donors (Lipinski definition) is 2. The van der Waals surface area contributed by atoms with Crippen molar-refractivity contribution in [3.05, 3.63) is 86.6 Å². The maximum atomic E-state index is 13.3. The van der Waals surface area contributed by atoms with Crippen LogP contribution < -0.4 is 5.69 Å².